The quantitative estimate of drug-likeness (QED) is 0.762. The van der Waals surface area contributed by atoms with E-state index in [9.17, 15) is 9.59 Å². The summed E-state index contributed by atoms with van der Waals surface area (Å²) in [6.45, 7) is 4.83. The van der Waals surface area contributed by atoms with Gasteiger partial charge in [-0.3, -0.25) is 9.59 Å². The second-order valence-electron chi connectivity index (χ2n) is 6.88. The first-order valence-corrected chi connectivity index (χ1v) is 9.70. The molecule has 2 saturated heterocycles. The molecule has 0 bridgehead atoms. The summed E-state index contributed by atoms with van der Waals surface area (Å²) < 4.78 is 5.60. The fraction of sp³-hybridized carbons (Fsp3) is 0.524. The molecule has 2 amide bonds. The number of nitrogens with zero attached hydrogens (tertiary/aromatic N) is 2. The highest BCUT2D eigenvalue weighted by Crippen LogP contribution is 2.23. The third-order valence-electron chi connectivity index (χ3n) is 5.11. The van der Waals surface area contributed by atoms with E-state index >= 15 is 0 Å². The van der Waals surface area contributed by atoms with Gasteiger partial charge in [0.25, 0.3) is 0 Å². The Morgan fingerprint density at radius 1 is 1.12 bits per heavy atom. The number of benzene rings is 1. The molecule has 2 aliphatic heterocycles. The highest BCUT2D eigenvalue weighted by Gasteiger charge is 2.34. The number of ether oxygens (including phenoxy) is 1. The van der Waals surface area contributed by atoms with Crippen LogP contribution in [0, 0.1) is 0 Å². The SMILES string of the molecule is CCOc1ccccc1/C=C/C(=O)N1CCCCC1C(=O)N1CCCC1. The van der Waals surface area contributed by atoms with Crippen LogP contribution in [-0.2, 0) is 9.59 Å². The molecule has 0 N–H and O–H groups in total. The maximum absolute atomic E-state index is 12.8. The monoisotopic (exact) mass is 356 g/mol. The topological polar surface area (TPSA) is 49.9 Å². The first-order chi connectivity index (χ1) is 12.7. The van der Waals surface area contributed by atoms with Crippen molar-refractivity contribution in [3.8, 4) is 5.75 Å². The van der Waals surface area contributed by atoms with Crippen molar-refractivity contribution in [2.75, 3.05) is 26.2 Å². The maximum atomic E-state index is 12.8. The number of hydrogen-bond donors (Lipinski definition) is 0. The van der Waals surface area contributed by atoms with E-state index in [2.05, 4.69) is 0 Å². The van der Waals surface area contributed by atoms with Gasteiger partial charge in [0.05, 0.1) is 6.61 Å². The van der Waals surface area contributed by atoms with Crippen LogP contribution in [0.5, 0.6) is 5.75 Å². The summed E-state index contributed by atoms with van der Waals surface area (Å²) in [4.78, 5) is 29.3. The number of piperidine rings is 1. The molecule has 2 aliphatic rings. The van der Waals surface area contributed by atoms with Gasteiger partial charge in [-0.1, -0.05) is 18.2 Å². The predicted molar refractivity (Wildman–Crippen MR) is 102 cm³/mol. The van der Waals surface area contributed by atoms with E-state index in [1.54, 1.807) is 17.1 Å². The minimum atomic E-state index is -0.305. The number of carbonyl (C=O) groups is 2. The number of para-hydroxylation sites is 1. The van der Waals surface area contributed by atoms with Crippen molar-refractivity contribution in [2.24, 2.45) is 0 Å². The van der Waals surface area contributed by atoms with Crippen molar-refractivity contribution in [2.45, 2.75) is 45.1 Å². The molecule has 3 rings (SSSR count). The van der Waals surface area contributed by atoms with Crippen LogP contribution in [0.2, 0.25) is 0 Å². The molecule has 0 saturated carbocycles. The summed E-state index contributed by atoms with van der Waals surface area (Å²) in [7, 11) is 0. The number of amides is 2. The van der Waals surface area contributed by atoms with E-state index < -0.39 is 0 Å². The first-order valence-electron chi connectivity index (χ1n) is 9.70. The van der Waals surface area contributed by atoms with E-state index in [1.807, 2.05) is 36.1 Å². The summed E-state index contributed by atoms with van der Waals surface area (Å²) in [5.41, 5.74) is 0.877. The molecule has 26 heavy (non-hydrogen) atoms. The molecule has 1 unspecified atom stereocenters. The van der Waals surface area contributed by atoms with Crippen molar-refractivity contribution in [3.05, 3.63) is 35.9 Å². The lowest BCUT2D eigenvalue weighted by atomic mass is 10.0. The van der Waals surface area contributed by atoms with Crippen LogP contribution in [-0.4, -0.2) is 53.9 Å². The molecule has 0 radical (unpaired) electrons. The average molecular weight is 356 g/mol. The van der Waals surface area contributed by atoms with Gasteiger partial charge in [-0.05, 0) is 51.2 Å². The van der Waals surface area contributed by atoms with Gasteiger partial charge < -0.3 is 14.5 Å². The highest BCUT2D eigenvalue weighted by molar-refractivity contribution is 5.96. The van der Waals surface area contributed by atoms with E-state index in [0.29, 0.717) is 13.2 Å². The fourth-order valence-electron chi connectivity index (χ4n) is 3.76. The standard InChI is InChI=1S/C21H28N2O3/c1-2-26-19-11-4-3-9-17(19)12-13-20(24)23-16-6-5-10-18(23)21(25)22-14-7-8-15-22/h3-4,9,11-13,18H,2,5-8,10,14-16H2,1H3/b13-12+. The zero-order chi connectivity index (χ0) is 18.4. The van der Waals surface area contributed by atoms with E-state index in [0.717, 1.165) is 56.5 Å². The van der Waals surface area contributed by atoms with Gasteiger partial charge >= 0.3 is 0 Å². The Kier molecular flexibility index (Phi) is 6.31. The Labute approximate surface area is 155 Å². The van der Waals surface area contributed by atoms with Crippen molar-refractivity contribution in [1.29, 1.82) is 0 Å². The summed E-state index contributed by atoms with van der Waals surface area (Å²) in [6, 6.07) is 7.36. The number of hydrogen-bond acceptors (Lipinski definition) is 3. The second-order valence-corrected chi connectivity index (χ2v) is 6.88. The Bertz CT molecular complexity index is 665. The van der Waals surface area contributed by atoms with Gasteiger partial charge in [-0.15, -0.1) is 0 Å². The van der Waals surface area contributed by atoms with Gasteiger partial charge in [0, 0.05) is 31.3 Å². The third-order valence-corrected chi connectivity index (χ3v) is 5.11. The van der Waals surface area contributed by atoms with Crippen LogP contribution in [0.3, 0.4) is 0 Å². The smallest absolute Gasteiger partial charge is 0.247 e. The number of rotatable bonds is 5. The molecule has 140 valence electrons. The molecule has 0 spiro atoms. The highest BCUT2D eigenvalue weighted by atomic mass is 16.5. The van der Waals surface area contributed by atoms with Crippen molar-refractivity contribution in [1.82, 2.24) is 9.80 Å². The molecule has 0 aromatic heterocycles. The summed E-state index contributed by atoms with van der Waals surface area (Å²) in [5, 5.41) is 0. The van der Waals surface area contributed by atoms with Gasteiger partial charge in [-0.2, -0.15) is 0 Å². The van der Waals surface area contributed by atoms with Gasteiger partial charge in [0.15, 0.2) is 0 Å². The molecule has 1 aromatic rings. The average Bonchev–Trinajstić information content (AvgIpc) is 3.21. The van der Waals surface area contributed by atoms with Crippen LogP contribution < -0.4 is 4.74 Å². The molecular formula is C21H28N2O3. The van der Waals surface area contributed by atoms with Gasteiger partial charge in [0.2, 0.25) is 11.8 Å². The fourth-order valence-corrected chi connectivity index (χ4v) is 3.76. The molecule has 5 nitrogen and oxygen atoms in total. The zero-order valence-electron chi connectivity index (χ0n) is 15.5. The molecule has 1 atom stereocenters. The Morgan fingerprint density at radius 2 is 1.85 bits per heavy atom. The lowest BCUT2D eigenvalue weighted by molar-refractivity contribution is -0.144. The van der Waals surface area contributed by atoms with Crippen LogP contribution in [0.25, 0.3) is 6.08 Å². The van der Waals surface area contributed by atoms with E-state index in [1.165, 1.54) is 0 Å². The van der Waals surface area contributed by atoms with Crippen molar-refractivity contribution in [3.63, 3.8) is 0 Å². The molecule has 2 heterocycles. The minimum Gasteiger partial charge on any atom is -0.493 e. The van der Waals surface area contributed by atoms with Crippen LogP contribution in [0.4, 0.5) is 0 Å². The zero-order valence-corrected chi connectivity index (χ0v) is 15.5. The summed E-state index contributed by atoms with van der Waals surface area (Å²) >= 11 is 0. The van der Waals surface area contributed by atoms with Gasteiger partial charge in [0.1, 0.15) is 11.8 Å². The third kappa shape index (κ3) is 4.26. The lowest BCUT2D eigenvalue weighted by Gasteiger charge is -2.36. The van der Waals surface area contributed by atoms with Crippen LogP contribution in [0.15, 0.2) is 30.3 Å². The predicted octanol–water partition coefficient (Wildman–Crippen LogP) is 3.10. The second kappa shape index (κ2) is 8.88. The first kappa shape index (κ1) is 18.5. The normalized spacial score (nSPS) is 20.6. The lowest BCUT2D eigenvalue weighted by Crippen LogP contribution is -2.52. The number of carbonyl (C=O) groups excluding carboxylic acids is 2. The summed E-state index contributed by atoms with van der Waals surface area (Å²) in [5.74, 6) is 0.801. The largest absolute Gasteiger partial charge is 0.493 e. The van der Waals surface area contributed by atoms with Crippen LogP contribution >= 0.6 is 0 Å². The Balaban J connectivity index is 1.71. The van der Waals surface area contributed by atoms with Crippen molar-refractivity contribution >= 4 is 17.9 Å². The van der Waals surface area contributed by atoms with Gasteiger partial charge in [-0.25, -0.2) is 0 Å². The molecule has 0 aliphatic carbocycles. The molecular weight excluding hydrogens is 328 g/mol. The Morgan fingerprint density at radius 3 is 2.62 bits per heavy atom. The maximum Gasteiger partial charge on any atom is 0.247 e. The van der Waals surface area contributed by atoms with Crippen LogP contribution in [0.1, 0.15) is 44.6 Å². The Hall–Kier alpha value is -2.30. The van der Waals surface area contributed by atoms with E-state index in [4.69, 9.17) is 4.74 Å². The van der Waals surface area contributed by atoms with Crippen molar-refractivity contribution < 1.29 is 14.3 Å². The summed E-state index contributed by atoms with van der Waals surface area (Å²) in [6.07, 6.45) is 8.24. The molecule has 5 heteroatoms. The molecule has 2 fully saturated rings. The number of likely N-dealkylation sites (tertiary alicyclic amines) is 2. The van der Waals surface area contributed by atoms with E-state index in [-0.39, 0.29) is 17.9 Å². The minimum absolute atomic E-state index is 0.0893. The molecule has 1 aromatic carbocycles.